The molecule has 0 radical (unpaired) electrons. The maximum absolute atomic E-state index is 12.8. The van der Waals surface area contributed by atoms with Crippen LogP contribution in [0.1, 0.15) is 22.8 Å². The first kappa shape index (κ1) is 17.3. The molecule has 6 heteroatoms. The highest BCUT2D eigenvalue weighted by atomic mass is 35.5. The van der Waals surface area contributed by atoms with E-state index >= 15 is 0 Å². The van der Waals surface area contributed by atoms with E-state index < -0.39 is 0 Å². The van der Waals surface area contributed by atoms with Crippen LogP contribution in [0.25, 0.3) is 0 Å². The molecule has 1 N–H and O–H groups in total. The summed E-state index contributed by atoms with van der Waals surface area (Å²) in [7, 11) is 0. The van der Waals surface area contributed by atoms with Crippen molar-refractivity contribution in [2.24, 2.45) is 0 Å². The predicted octanol–water partition coefficient (Wildman–Crippen LogP) is 3.53. The number of amides is 3. The molecule has 25 heavy (non-hydrogen) atoms. The lowest BCUT2D eigenvalue weighted by Gasteiger charge is -2.22. The molecule has 1 aliphatic rings. The van der Waals surface area contributed by atoms with Crippen LogP contribution in [0, 0.1) is 0 Å². The Balaban J connectivity index is 1.73. The summed E-state index contributed by atoms with van der Waals surface area (Å²) >= 11 is 6.02. The van der Waals surface area contributed by atoms with Crippen molar-refractivity contribution in [1.29, 1.82) is 0 Å². The molecule has 130 valence electrons. The fraction of sp³-hybridized carbons (Fsp3) is 0.263. The summed E-state index contributed by atoms with van der Waals surface area (Å²) in [5, 5.41) is 3.43. The van der Waals surface area contributed by atoms with Gasteiger partial charge in [0, 0.05) is 42.5 Å². The van der Waals surface area contributed by atoms with Crippen molar-refractivity contribution >= 4 is 29.2 Å². The lowest BCUT2D eigenvalue weighted by Crippen LogP contribution is -2.30. The van der Waals surface area contributed by atoms with Crippen LogP contribution in [0.4, 0.5) is 10.5 Å². The van der Waals surface area contributed by atoms with Gasteiger partial charge in [-0.15, -0.1) is 0 Å². The Labute approximate surface area is 152 Å². The number of anilines is 1. The first-order valence-electron chi connectivity index (χ1n) is 8.27. The van der Waals surface area contributed by atoms with Gasteiger partial charge in [0.25, 0.3) is 5.91 Å². The van der Waals surface area contributed by atoms with Gasteiger partial charge in [-0.25, -0.2) is 4.79 Å². The fourth-order valence-corrected chi connectivity index (χ4v) is 3.08. The second-order valence-electron chi connectivity index (χ2n) is 5.88. The van der Waals surface area contributed by atoms with Gasteiger partial charge in [-0.3, -0.25) is 9.69 Å². The normalized spacial score (nSPS) is 13.7. The molecule has 1 fully saturated rings. The lowest BCUT2D eigenvalue weighted by molar-refractivity contribution is 0.0752. The van der Waals surface area contributed by atoms with E-state index in [0.29, 0.717) is 36.8 Å². The number of carbonyl (C=O) groups is 2. The summed E-state index contributed by atoms with van der Waals surface area (Å²) in [5.41, 5.74) is 2.39. The van der Waals surface area contributed by atoms with E-state index in [1.54, 1.807) is 21.9 Å². The Hall–Kier alpha value is -2.53. The van der Waals surface area contributed by atoms with E-state index in [0.717, 1.165) is 11.3 Å². The zero-order valence-corrected chi connectivity index (χ0v) is 14.8. The van der Waals surface area contributed by atoms with Crippen molar-refractivity contribution in [1.82, 2.24) is 10.2 Å². The lowest BCUT2D eigenvalue weighted by atomic mass is 10.1. The molecule has 1 aliphatic heterocycles. The van der Waals surface area contributed by atoms with Gasteiger partial charge in [-0.1, -0.05) is 23.7 Å². The van der Waals surface area contributed by atoms with Crippen LogP contribution in [-0.4, -0.2) is 36.5 Å². The smallest absolute Gasteiger partial charge is 0.321 e. The number of carbonyl (C=O) groups excluding carboxylic acids is 2. The number of rotatable bonds is 5. The first-order chi connectivity index (χ1) is 12.1. The van der Waals surface area contributed by atoms with Crippen molar-refractivity contribution in [3.8, 4) is 0 Å². The van der Waals surface area contributed by atoms with Crippen LogP contribution >= 0.6 is 11.6 Å². The number of halogens is 1. The van der Waals surface area contributed by atoms with E-state index in [-0.39, 0.29) is 11.9 Å². The molecule has 5 nitrogen and oxygen atoms in total. The number of hydrogen-bond acceptors (Lipinski definition) is 2. The molecule has 0 saturated carbocycles. The molecule has 1 heterocycles. The first-order valence-corrected chi connectivity index (χ1v) is 8.65. The summed E-state index contributed by atoms with van der Waals surface area (Å²) < 4.78 is 0. The molecule has 1 saturated heterocycles. The summed E-state index contributed by atoms with van der Waals surface area (Å²) in [4.78, 5) is 27.9. The van der Waals surface area contributed by atoms with Crippen LogP contribution in [-0.2, 0) is 6.54 Å². The maximum Gasteiger partial charge on any atom is 0.321 e. The molecule has 3 amide bonds. The summed E-state index contributed by atoms with van der Waals surface area (Å²) in [5.74, 6) is -0.0418. The molecule has 0 spiro atoms. The third-order valence-electron chi connectivity index (χ3n) is 4.21. The van der Waals surface area contributed by atoms with E-state index in [1.807, 2.05) is 43.3 Å². The number of urea groups is 1. The highest BCUT2D eigenvalue weighted by Gasteiger charge is 2.21. The fourth-order valence-electron chi connectivity index (χ4n) is 2.87. The second-order valence-corrected chi connectivity index (χ2v) is 6.32. The minimum absolute atomic E-state index is 0.0418. The molecule has 0 atom stereocenters. The molecule has 0 unspecified atom stereocenters. The van der Waals surface area contributed by atoms with Crippen LogP contribution in [0.2, 0.25) is 5.02 Å². The Morgan fingerprint density at radius 1 is 1.24 bits per heavy atom. The van der Waals surface area contributed by atoms with Crippen molar-refractivity contribution in [2.45, 2.75) is 13.5 Å². The molecular formula is C19H20ClN3O2. The van der Waals surface area contributed by atoms with Gasteiger partial charge in [0.1, 0.15) is 0 Å². The quantitative estimate of drug-likeness (QED) is 0.890. The Bertz CT molecular complexity index is 776. The summed E-state index contributed by atoms with van der Waals surface area (Å²) in [6, 6.07) is 14.6. The number of benzene rings is 2. The molecule has 2 aromatic rings. The minimum Gasteiger partial charge on any atom is -0.336 e. The van der Waals surface area contributed by atoms with Crippen LogP contribution in [0.15, 0.2) is 48.5 Å². The van der Waals surface area contributed by atoms with E-state index in [1.165, 1.54) is 0 Å². The average molecular weight is 358 g/mol. The Morgan fingerprint density at radius 2 is 2.00 bits per heavy atom. The third kappa shape index (κ3) is 3.94. The highest BCUT2D eigenvalue weighted by Crippen LogP contribution is 2.19. The van der Waals surface area contributed by atoms with Crippen molar-refractivity contribution in [3.05, 3.63) is 64.7 Å². The van der Waals surface area contributed by atoms with Crippen molar-refractivity contribution in [2.75, 3.05) is 24.5 Å². The SMILES string of the molecule is CCN(Cc1cccc(Cl)c1)C(=O)c1ccc(N2CCNC2=O)cc1. The number of hydrogen-bond donors (Lipinski definition) is 1. The van der Waals surface area contributed by atoms with E-state index in [2.05, 4.69) is 5.32 Å². The van der Waals surface area contributed by atoms with Crippen molar-refractivity contribution < 1.29 is 9.59 Å². The van der Waals surface area contributed by atoms with Crippen molar-refractivity contribution in [3.63, 3.8) is 0 Å². The standard InChI is InChI=1S/C19H20ClN3O2/c1-2-22(13-14-4-3-5-16(20)12-14)18(24)15-6-8-17(9-7-15)23-11-10-21-19(23)25/h3-9,12H,2,10-11,13H2,1H3,(H,21,25). The largest absolute Gasteiger partial charge is 0.336 e. The average Bonchev–Trinajstić information content (AvgIpc) is 3.05. The van der Waals surface area contributed by atoms with Gasteiger partial charge >= 0.3 is 6.03 Å². The zero-order chi connectivity index (χ0) is 17.8. The molecule has 0 aliphatic carbocycles. The summed E-state index contributed by atoms with van der Waals surface area (Å²) in [6.45, 7) is 4.34. The Kier molecular flexibility index (Phi) is 5.24. The molecule has 2 aromatic carbocycles. The van der Waals surface area contributed by atoms with Gasteiger partial charge in [-0.05, 0) is 48.9 Å². The molecule has 0 aromatic heterocycles. The molecule has 0 bridgehead atoms. The van der Waals surface area contributed by atoms with E-state index in [9.17, 15) is 9.59 Å². The number of nitrogens with zero attached hydrogens (tertiary/aromatic N) is 2. The Morgan fingerprint density at radius 3 is 2.60 bits per heavy atom. The maximum atomic E-state index is 12.8. The van der Waals surface area contributed by atoms with Crippen LogP contribution < -0.4 is 10.2 Å². The second kappa shape index (κ2) is 7.57. The van der Waals surface area contributed by atoms with Crippen LogP contribution in [0.5, 0.6) is 0 Å². The topological polar surface area (TPSA) is 52.7 Å². The zero-order valence-electron chi connectivity index (χ0n) is 14.0. The van der Waals surface area contributed by atoms with Gasteiger partial charge in [0.15, 0.2) is 0 Å². The minimum atomic E-state index is -0.102. The van der Waals surface area contributed by atoms with Gasteiger partial charge in [0.2, 0.25) is 0 Å². The third-order valence-corrected chi connectivity index (χ3v) is 4.45. The van der Waals surface area contributed by atoms with Crippen LogP contribution in [0.3, 0.4) is 0 Å². The summed E-state index contributed by atoms with van der Waals surface area (Å²) in [6.07, 6.45) is 0. The molecular weight excluding hydrogens is 338 g/mol. The predicted molar refractivity (Wildman–Crippen MR) is 99.1 cm³/mol. The van der Waals surface area contributed by atoms with Gasteiger partial charge in [0.05, 0.1) is 0 Å². The molecule has 3 rings (SSSR count). The van der Waals surface area contributed by atoms with Gasteiger partial charge in [-0.2, -0.15) is 0 Å². The monoisotopic (exact) mass is 357 g/mol. The number of nitrogens with one attached hydrogen (secondary N) is 1. The highest BCUT2D eigenvalue weighted by molar-refractivity contribution is 6.30. The van der Waals surface area contributed by atoms with E-state index in [4.69, 9.17) is 11.6 Å². The van der Waals surface area contributed by atoms with Gasteiger partial charge < -0.3 is 10.2 Å².